The van der Waals surface area contributed by atoms with Gasteiger partial charge in [0, 0.05) is 5.92 Å². The van der Waals surface area contributed by atoms with Gasteiger partial charge < -0.3 is 5.11 Å². The van der Waals surface area contributed by atoms with Crippen LogP contribution in [0.1, 0.15) is 24.0 Å². The Morgan fingerprint density at radius 3 is 2.26 bits per heavy atom. The molecule has 0 heterocycles. The molecule has 0 fully saturated rings. The molecule has 0 saturated heterocycles. The highest BCUT2D eigenvalue weighted by atomic mass is 35.5. The normalized spacial score (nSPS) is 14.1. The highest BCUT2D eigenvalue weighted by molar-refractivity contribution is 6.42. The van der Waals surface area contributed by atoms with Gasteiger partial charge in [0.15, 0.2) is 0 Å². The molecule has 0 aromatic heterocycles. The zero-order chi connectivity index (χ0) is 13.8. The Bertz CT molecular complexity index is 538. The van der Waals surface area contributed by atoms with E-state index in [2.05, 4.69) is 0 Å². The first-order valence-corrected chi connectivity index (χ1v) is 7.00. The molecule has 2 atom stereocenters. The molecule has 0 radical (unpaired) electrons. The predicted octanol–water partition coefficient (Wildman–Crippen LogP) is 4.70. The van der Waals surface area contributed by atoms with E-state index in [9.17, 15) is 5.11 Å². The van der Waals surface area contributed by atoms with Crippen molar-refractivity contribution in [2.45, 2.75) is 25.4 Å². The van der Waals surface area contributed by atoms with E-state index < -0.39 is 6.10 Å². The van der Waals surface area contributed by atoms with Gasteiger partial charge in [0.05, 0.1) is 16.1 Å². The third-order valence-corrected chi connectivity index (χ3v) is 3.99. The molecule has 0 bridgehead atoms. The molecular weight excluding hydrogens is 279 g/mol. The lowest BCUT2D eigenvalue weighted by molar-refractivity contribution is 0.161. The fourth-order valence-corrected chi connectivity index (χ4v) is 2.51. The van der Waals surface area contributed by atoms with Crippen LogP contribution in [0.2, 0.25) is 10.0 Å². The van der Waals surface area contributed by atoms with Crippen molar-refractivity contribution in [2.75, 3.05) is 0 Å². The van der Waals surface area contributed by atoms with Crippen molar-refractivity contribution in [2.24, 2.45) is 0 Å². The molecule has 100 valence electrons. The van der Waals surface area contributed by atoms with Crippen LogP contribution in [0, 0.1) is 0 Å². The fraction of sp³-hybridized carbons (Fsp3) is 0.250. The summed E-state index contributed by atoms with van der Waals surface area (Å²) in [5, 5.41) is 11.1. The lowest BCUT2D eigenvalue weighted by Gasteiger charge is -2.20. The van der Waals surface area contributed by atoms with Crippen molar-refractivity contribution < 1.29 is 5.11 Å². The maximum atomic E-state index is 9.99. The van der Waals surface area contributed by atoms with Gasteiger partial charge in [-0.2, -0.15) is 0 Å². The second kappa shape index (κ2) is 6.42. The van der Waals surface area contributed by atoms with Crippen LogP contribution in [-0.4, -0.2) is 11.2 Å². The Hall–Kier alpha value is -1.02. The molecule has 1 nitrogen and oxygen atoms in total. The number of benzene rings is 2. The van der Waals surface area contributed by atoms with Gasteiger partial charge in [0.2, 0.25) is 0 Å². The number of aliphatic hydroxyl groups is 1. The zero-order valence-electron chi connectivity index (χ0n) is 10.7. The van der Waals surface area contributed by atoms with Crippen LogP contribution in [0.3, 0.4) is 0 Å². The molecule has 3 heteroatoms. The van der Waals surface area contributed by atoms with E-state index in [0.717, 1.165) is 17.5 Å². The van der Waals surface area contributed by atoms with Gasteiger partial charge in [0.1, 0.15) is 0 Å². The summed E-state index contributed by atoms with van der Waals surface area (Å²) in [7, 11) is 0. The van der Waals surface area contributed by atoms with Gasteiger partial charge in [-0.1, -0.05) is 59.6 Å². The number of aliphatic hydroxyl groups excluding tert-OH is 1. The molecule has 19 heavy (non-hydrogen) atoms. The second-order valence-corrected chi connectivity index (χ2v) is 5.52. The molecule has 0 aliphatic heterocycles. The number of halogens is 2. The van der Waals surface area contributed by atoms with E-state index in [4.69, 9.17) is 23.2 Å². The predicted molar refractivity (Wildman–Crippen MR) is 81.0 cm³/mol. The molecule has 0 amide bonds. The SMILES string of the molecule is CC(O)C(Cc1ccc(Cl)c(Cl)c1)c1ccccc1. The summed E-state index contributed by atoms with van der Waals surface area (Å²) in [5.74, 6) is 0.0541. The largest absolute Gasteiger partial charge is 0.393 e. The average molecular weight is 295 g/mol. The summed E-state index contributed by atoms with van der Waals surface area (Å²) in [6, 6.07) is 15.6. The Labute approximate surface area is 123 Å². The van der Waals surface area contributed by atoms with Crippen LogP contribution in [0.15, 0.2) is 48.5 Å². The van der Waals surface area contributed by atoms with Crippen molar-refractivity contribution in [3.63, 3.8) is 0 Å². The van der Waals surface area contributed by atoms with E-state index in [-0.39, 0.29) is 5.92 Å². The number of rotatable bonds is 4. The first-order chi connectivity index (χ1) is 9.08. The van der Waals surface area contributed by atoms with Crippen molar-refractivity contribution >= 4 is 23.2 Å². The maximum Gasteiger partial charge on any atom is 0.0595 e. The lowest BCUT2D eigenvalue weighted by Crippen LogP contribution is -2.17. The average Bonchev–Trinajstić information content (AvgIpc) is 2.40. The minimum absolute atomic E-state index is 0.0541. The minimum Gasteiger partial charge on any atom is -0.393 e. The monoisotopic (exact) mass is 294 g/mol. The fourth-order valence-electron chi connectivity index (χ4n) is 2.19. The summed E-state index contributed by atoms with van der Waals surface area (Å²) in [5.41, 5.74) is 2.20. The van der Waals surface area contributed by atoms with Crippen molar-refractivity contribution in [1.29, 1.82) is 0 Å². The lowest BCUT2D eigenvalue weighted by atomic mass is 9.88. The van der Waals surface area contributed by atoms with Crippen LogP contribution in [0.25, 0.3) is 0 Å². The van der Waals surface area contributed by atoms with E-state index in [0.29, 0.717) is 10.0 Å². The molecule has 0 aliphatic carbocycles. The summed E-state index contributed by atoms with van der Waals surface area (Å²) in [4.78, 5) is 0. The summed E-state index contributed by atoms with van der Waals surface area (Å²) >= 11 is 11.9. The van der Waals surface area contributed by atoms with Crippen LogP contribution >= 0.6 is 23.2 Å². The molecule has 1 N–H and O–H groups in total. The maximum absolute atomic E-state index is 9.99. The van der Waals surface area contributed by atoms with Crippen LogP contribution in [0.5, 0.6) is 0 Å². The minimum atomic E-state index is -0.420. The van der Waals surface area contributed by atoms with Gasteiger partial charge in [-0.25, -0.2) is 0 Å². The molecule has 2 aromatic rings. The Kier molecular flexibility index (Phi) is 4.87. The zero-order valence-corrected chi connectivity index (χ0v) is 12.2. The van der Waals surface area contributed by atoms with Gasteiger partial charge in [-0.3, -0.25) is 0 Å². The van der Waals surface area contributed by atoms with E-state index >= 15 is 0 Å². The van der Waals surface area contributed by atoms with Crippen LogP contribution in [0.4, 0.5) is 0 Å². The Morgan fingerprint density at radius 1 is 1.00 bits per heavy atom. The molecule has 0 saturated carbocycles. The number of hydrogen-bond donors (Lipinski definition) is 1. The Balaban J connectivity index is 2.24. The highest BCUT2D eigenvalue weighted by Crippen LogP contribution is 2.28. The smallest absolute Gasteiger partial charge is 0.0595 e. The van der Waals surface area contributed by atoms with Gasteiger partial charge in [-0.15, -0.1) is 0 Å². The summed E-state index contributed by atoms with van der Waals surface area (Å²) in [6.45, 7) is 1.81. The quantitative estimate of drug-likeness (QED) is 0.866. The molecule has 2 unspecified atom stereocenters. The van der Waals surface area contributed by atoms with Crippen LogP contribution < -0.4 is 0 Å². The van der Waals surface area contributed by atoms with E-state index in [1.54, 1.807) is 6.07 Å². The van der Waals surface area contributed by atoms with Gasteiger partial charge >= 0.3 is 0 Å². The topological polar surface area (TPSA) is 20.2 Å². The number of hydrogen-bond acceptors (Lipinski definition) is 1. The molecule has 2 aromatic carbocycles. The highest BCUT2D eigenvalue weighted by Gasteiger charge is 2.18. The first-order valence-electron chi connectivity index (χ1n) is 6.25. The Morgan fingerprint density at radius 2 is 1.68 bits per heavy atom. The summed E-state index contributed by atoms with van der Waals surface area (Å²) < 4.78 is 0. The van der Waals surface area contributed by atoms with E-state index in [1.807, 2.05) is 49.4 Å². The molecule has 2 rings (SSSR count). The summed E-state index contributed by atoms with van der Waals surface area (Å²) in [6.07, 6.45) is 0.315. The molecule has 0 spiro atoms. The van der Waals surface area contributed by atoms with Crippen LogP contribution in [-0.2, 0) is 6.42 Å². The van der Waals surface area contributed by atoms with Gasteiger partial charge in [0.25, 0.3) is 0 Å². The first kappa shape index (κ1) is 14.4. The third kappa shape index (κ3) is 3.73. The van der Waals surface area contributed by atoms with Crippen molar-refractivity contribution in [3.8, 4) is 0 Å². The standard InChI is InChI=1S/C16H16Cl2O/c1-11(19)14(13-5-3-2-4-6-13)9-12-7-8-15(17)16(18)10-12/h2-8,10-11,14,19H,9H2,1H3. The molecule has 0 aliphatic rings. The van der Waals surface area contributed by atoms with Gasteiger partial charge in [-0.05, 0) is 36.6 Å². The van der Waals surface area contributed by atoms with Crippen molar-refractivity contribution in [1.82, 2.24) is 0 Å². The second-order valence-electron chi connectivity index (χ2n) is 4.71. The van der Waals surface area contributed by atoms with Crippen molar-refractivity contribution in [3.05, 3.63) is 69.7 Å². The van der Waals surface area contributed by atoms with E-state index in [1.165, 1.54) is 0 Å². The molecular formula is C16H16Cl2O. The third-order valence-electron chi connectivity index (χ3n) is 3.25.